The number of hydrogen-bond donors (Lipinski definition) is 1. The zero-order valence-electron chi connectivity index (χ0n) is 5.06. The molecule has 0 aromatic rings. The maximum atomic E-state index is 10.7. The van der Waals surface area contributed by atoms with Crippen LogP contribution in [0.3, 0.4) is 0 Å². The molecule has 0 unspecified atom stereocenters. The van der Waals surface area contributed by atoms with Crippen LogP contribution in [-0.2, 0) is 9.53 Å². The fraction of sp³-hybridized carbons (Fsp3) is 0.800. The molecule has 0 spiro atoms. The second-order valence-electron chi connectivity index (χ2n) is 2.20. The van der Waals surface area contributed by atoms with Gasteiger partial charge in [0.15, 0.2) is 0 Å². The van der Waals surface area contributed by atoms with Gasteiger partial charge in [-0.1, -0.05) is 15.9 Å². The third-order valence-electron chi connectivity index (χ3n) is 1.48. The third kappa shape index (κ3) is 0.966. The smallest absolute Gasteiger partial charge is 0.327 e. The molecule has 1 fully saturated rings. The minimum atomic E-state index is -0.727. The average Bonchev–Trinajstić information content (AvgIpc) is 2.41. The topological polar surface area (TPSA) is 52.3 Å². The largest absolute Gasteiger partial charge is 0.468 e. The predicted octanol–water partition coefficient (Wildman–Crippen LogP) is 0.0241. The van der Waals surface area contributed by atoms with Gasteiger partial charge in [0.25, 0.3) is 0 Å². The van der Waals surface area contributed by atoms with Crippen LogP contribution in [0, 0.1) is 0 Å². The van der Waals surface area contributed by atoms with Crippen molar-refractivity contribution in [3.05, 3.63) is 0 Å². The number of hydrogen-bond acceptors (Lipinski definition) is 3. The van der Waals surface area contributed by atoms with E-state index in [1.165, 1.54) is 7.11 Å². The Labute approximate surface area is 61.7 Å². The normalized spacial score (nSPS) is 40.1. The van der Waals surface area contributed by atoms with Gasteiger partial charge < -0.3 is 10.5 Å². The SMILES string of the molecule is COC(=O)[C@@]1(N)C[C@@H]1Br. The van der Waals surface area contributed by atoms with Crippen LogP contribution in [0.4, 0.5) is 0 Å². The molecule has 52 valence electrons. The van der Waals surface area contributed by atoms with Crippen LogP contribution in [-0.4, -0.2) is 23.4 Å². The number of methoxy groups -OCH3 is 1. The molecule has 2 N–H and O–H groups in total. The van der Waals surface area contributed by atoms with Gasteiger partial charge in [-0.2, -0.15) is 0 Å². The summed E-state index contributed by atoms with van der Waals surface area (Å²) in [5, 5.41) is 0. The van der Waals surface area contributed by atoms with Crippen molar-refractivity contribution in [2.45, 2.75) is 16.8 Å². The Bertz CT molecular complexity index is 150. The van der Waals surface area contributed by atoms with Gasteiger partial charge in [0, 0.05) is 4.83 Å². The molecular weight excluding hydrogens is 186 g/mol. The summed E-state index contributed by atoms with van der Waals surface area (Å²) < 4.78 is 4.45. The van der Waals surface area contributed by atoms with Gasteiger partial charge in [0.05, 0.1) is 7.11 Å². The minimum absolute atomic E-state index is 0.109. The Morgan fingerprint density at radius 1 is 2.00 bits per heavy atom. The van der Waals surface area contributed by atoms with Crippen LogP contribution in [0.5, 0.6) is 0 Å². The lowest BCUT2D eigenvalue weighted by Crippen LogP contribution is -2.36. The molecule has 2 atom stereocenters. The number of rotatable bonds is 1. The van der Waals surface area contributed by atoms with Crippen LogP contribution in [0.1, 0.15) is 6.42 Å². The van der Waals surface area contributed by atoms with Gasteiger partial charge in [0.2, 0.25) is 0 Å². The highest BCUT2D eigenvalue weighted by Crippen LogP contribution is 2.40. The second kappa shape index (κ2) is 1.95. The first kappa shape index (κ1) is 7.02. The summed E-state index contributed by atoms with van der Waals surface area (Å²) in [6, 6.07) is 0. The molecular formula is C5H8BrNO2. The molecule has 0 radical (unpaired) electrons. The number of ether oxygens (including phenoxy) is 1. The average molecular weight is 194 g/mol. The van der Waals surface area contributed by atoms with E-state index in [0.717, 1.165) is 0 Å². The monoisotopic (exact) mass is 193 g/mol. The van der Waals surface area contributed by atoms with Crippen molar-refractivity contribution in [1.29, 1.82) is 0 Å². The first-order valence-electron chi connectivity index (χ1n) is 2.62. The summed E-state index contributed by atoms with van der Waals surface area (Å²) >= 11 is 3.22. The van der Waals surface area contributed by atoms with Crippen molar-refractivity contribution in [2.75, 3.05) is 7.11 Å². The fourth-order valence-corrected chi connectivity index (χ4v) is 1.36. The first-order chi connectivity index (χ1) is 4.11. The second-order valence-corrected chi connectivity index (χ2v) is 3.31. The van der Waals surface area contributed by atoms with Crippen molar-refractivity contribution >= 4 is 21.9 Å². The molecule has 0 bridgehead atoms. The highest BCUT2D eigenvalue weighted by Gasteiger charge is 2.57. The fourth-order valence-electron chi connectivity index (χ4n) is 0.639. The van der Waals surface area contributed by atoms with E-state index in [2.05, 4.69) is 20.7 Å². The maximum Gasteiger partial charge on any atom is 0.327 e. The molecule has 0 aromatic heterocycles. The lowest BCUT2D eigenvalue weighted by atomic mass is 10.3. The highest BCUT2D eigenvalue weighted by molar-refractivity contribution is 9.09. The lowest BCUT2D eigenvalue weighted by Gasteiger charge is -2.04. The van der Waals surface area contributed by atoms with Gasteiger partial charge in [-0.25, -0.2) is 0 Å². The Hall–Kier alpha value is -0.0900. The van der Waals surface area contributed by atoms with Crippen LogP contribution < -0.4 is 5.73 Å². The molecule has 1 saturated carbocycles. The minimum Gasteiger partial charge on any atom is -0.468 e. The Kier molecular flexibility index (Phi) is 1.52. The molecule has 9 heavy (non-hydrogen) atoms. The molecule has 0 amide bonds. The lowest BCUT2D eigenvalue weighted by molar-refractivity contribution is -0.143. The number of carbonyl (C=O) groups is 1. The van der Waals surface area contributed by atoms with Crippen LogP contribution in [0.25, 0.3) is 0 Å². The van der Waals surface area contributed by atoms with Gasteiger partial charge in [-0.05, 0) is 6.42 Å². The zero-order valence-corrected chi connectivity index (χ0v) is 6.64. The molecule has 0 aliphatic heterocycles. The Morgan fingerprint density at radius 2 is 2.44 bits per heavy atom. The van der Waals surface area contributed by atoms with Crippen molar-refractivity contribution in [2.24, 2.45) is 5.73 Å². The molecule has 0 aromatic carbocycles. The van der Waals surface area contributed by atoms with E-state index in [1.807, 2.05) is 0 Å². The summed E-state index contributed by atoms with van der Waals surface area (Å²) in [6.07, 6.45) is 0.680. The van der Waals surface area contributed by atoms with E-state index in [0.29, 0.717) is 6.42 Å². The van der Waals surface area contributed by atoms with E-state index in [4.69, 9.17) is 5.73 Å². The van der Waals surface area contributed by atoms with Crippen molar-refractivity contribution in [3.8, 4) is 0 Å². The summed E-state index contributed by atoms with van der Waals surface area (Å²) in [7, 11) is 1.34. The van der Waals surface area contributed by atoms with E-state index >= 15 is 0 Å². The van der Waals surface area contributed by atoms with Gasteiger partial charge in [-0.3, -0.25) is 4.79 Å². The van der Waals surface area contributed by atoms with E-state index < -0.39 is 5.54 Å². The molecule has 1 aliphatic rings. The maximum absolute atomic E-state index is 10.7. The third-order valence-corrected chi connectivity index (χ3v) is 2.62. The molecule has 0 saturated heterocycles. The molecule has 1 aliphatic carbocycles. The summed E-state index contributed by atoms with van der Waals surface area (Å²) in [5.74, 6) is -0.329. The van der Waals surface area contributed by atoms with Gasteiger partial charge in [0.1, 0.15) is 5.54 Å². The molecule has 3 nitrogen and oxygen atoms in total. The predicted molar refractivity (Wildman–Crippen MR) is 36.3 cm³/mol. The summed E-state index contributed by atoms with van der Waals surface area (Å²) in [6.45, 7) is 0. The standard InChI is InChI=1S/C5H8BrNO2/c1-9-4(8)5(7)2-3(5)6/h3H,2,7H2,1H3/t3-,5+/m0/s1. The van der Waals surface area contributed by atoms with Crippen LogP contribution in [0.15, 0.2) is 0 Å². The first-order valence-corrected chi connectivity index (χ1v) is 3.54. The highest BCUT2D eigenvalue weighted by atomic mass is 79.9. The molecule has 0 heterocycles. The quantitative estimate of drug-likeness (QED) is 0.473. The molecule has 1 rings (SSSR count). The summed E-state index contributed by atoms with van der Waals surface area (Å²) in [4.78, 5) is 10.8. The zero-order chi connectivity index (χ0) is 7.07. The number of nitrogens with two attached hydrogens (primary N) is 1. The molecule has 4 heteroatoms. The van der Waals surface area contributed by atoms with Crippen LogP contribution >= 0.6 is 15.9 Å². The number of esters is 1. The Balaban J connectivity index is 2.53. The number of halogens is 1. The van der Waals surface area contributed by atoms with Gasteiger partial charge in [-0.15, -0.1) is 0 Å². The van der Waals surface area contributed by atoms with Crippen molar-refractivity contribution in [1.82, 2.24) is 0 Å². The Morgan fingerprint density at radius 3 is 2.56 bits per heavy atom. The number of carbonyl (C=O) groups excluding carboxylic acids is 1. The van der Waals surface area contributed by atoms with E-state index in [-0.39, 0.29) is 10.8 Å². The number of alkyl halides is 1. The van der Waals surface area contributed by atoms with E-state index in [9.17, 15) is 4.79 Å². The van der Waals surface area contributed by atoms with E-state index in [1.54, 1.807) is 0 Å². The van der Waals surface area contributed by atoms with Crippen LogP contribution in [0.2, 0.25) is 0 Å². The van der Waals surface area contributed by atoms with Gasteiger partial charge >= 0.3 is 5.97 Å². The summed E-state index contributed by atoms with van der Waals surface area (Å²) in [5.41, 5.74) is 4.80. The van der Waals surface area contributed by atoms with Crippen molar-refractivity contribution in [3.63, 3.8) is 0 Å². The van der Waals surface area contributed by atoms with Crippen molar-refractivity contribution < 1.29 is 9.53 Å².